The van der Waals surface area contributed by atoms with Crippen LogP contribution in [0.4, 0.5) is 0 Å². The summed E-state index contributed by atoms with van der Waals surface area (Å²) in [6, 6.07) is 18.5. The van der Waals surface area contributed by atoms with Gasteiger partial charge in [0.05, 0.1) is 6.04 Å². The van der Waals surface area contributed by atoms with Gasteiger partial charge in [-0.2, -0.15) is 10.4 Å². The van der Waals surface area contributed by atoms with Crippen LogP contribution < -0.4 is 0 Å². The van der Waals surface area contributed by atoms with E-state index in [2.05, 4.69) is 45.6 Å². The van der Waals surface area contributed by atoms with Crippen molar-refractivity contribution >= 4 is 0 Å². The zero-order valence-electron chi connectivity index (χ0n) is 13.2. The van der Waals surface area contributed by atoms with Gasteiger partial charge in [-0.3, -0.25) is 10.00 Å². The minimum absolute atomic E-state index is 0.0218. The lowest BCUT2D eigenvalue weighted by Crippen LogP contribution is -2.18. The number of aromatic nitrogens is 3. The van der Waals surface area contributed by atoms with Gasteiger partial charge in [0.25, 0.3) is 0 Å². The largest absolute Gasteiger partial charge is 0.300 e. The van der Waals surface area contributed by atoms with Crippen LogP contribution in [0.25, 0.3) is 22.5 Å². The van der Waals surface area contributed by atoms with Gasteiger partial charge < -0.3 is 0 Å². The van der Waals surface area contributed by atoms with Crippen LogP contribution in [-0.4, -0.2) is 26.6 Å². The monoisotopic (exact) mass is 315 g/mol. The molecule has 4 rings (SSSR count). The molecule has 5 nitrogen and oxygen atoms in total. The van der Waals surface area contributed by atoms with Gasteiger partial charge in [-0.1, -0.05) is 48.5 Å². The molecule has 2 heterocycles. The first-order valence-corrected chi connectivity index (χ1v) is 8.10. The van der Waals surface area contributed by atoms with E-state index in [-0.39, 0.29) is 6.04 Å². The lowest BCUT2D eigenvalue weighted by Gasteiger charge is -2.14. The molecule has 1 aliphatic heterocycles. The molecule has 0 bridgehead atoms. The van der Waals surface area contributed by atoms with Crippen LogP contribution in [0.15, 0.2) is 54.6 Å². The number of nitrogens with one attached hydrogen (secondary N) is 1. The van der Waals surface area contributed by atoms with Gasteiger partial charge in [0, 0.05) is 12.1 Å². The number of benzene rings is 2. The average molecular weight is 315 g/mol. The van der Waals surface area contributed by atoms with Crippen molar-refractivity contribution in [3.63, 3.8) is 0 Å². The van der Waals surface area contributed by atoms with E-state index in [0.717, 1.165) is 36.3 Å². The van der Waals surface area contributed by atoms with Crippen LogP contribution in [0.5, 0.6) is 0 Å². The average Bonchev–Trinajstić information content (AvgIpc) is 3.31. The van der Waals surface area contributed by atoms with E-state index < -0.39 is 0 Å². The predicted octanol–water partition coefficient (Wildman–Crippen LogP) is 3.76. The van der Waals surface area contributed by atoms with E-state index in [4.69, 9.17) is 0 Å². The Morgan fingerprint density at radius 3 is 2.67 bits per heavy atom. The molecule has 0 aliphatic carbocycles. The van der Waals surface area contributed by atoms with Crippen LogP contribution in [0.3, 0.4) is 0 Å². The van der Waals surface area contributed by atoms with Gasteiger partial charge in [0.1, 0.15) is 5.82 Å². The number of hydrogen-bond donors (Lipinski definition) is 1. The third kappa shape index (κ3) is 2.63. The fourth-order valence-corrected chi connectivity index (χ4v) is 3.19. The lowest BCUT2D eigenvalue weighted by atomic mass is 10.0. The summed E-state index contributed by atoms with van der Waals surface area (Å²) in [5.74, 6) is 1.45. The Hall–Kier alpha value is -3.13. The lowest BCUT2D eigenvalue weighted by molar-refractivity contribution is 0.360. The second kappa shape index (κ2) is 6.17. The summed E-state index contributed by atoms with van der Waals surface area (Å²) in [6.07, 6.45) is 4.19. The molecule has 1 aliphatic rings. The standard InChI is InChI=1S/C19H17N5/c20-13-24-11-5-10-17(24)19-21-18(22-23-19)16-9-4-8-15(12-16)14-6-2-1-3-7-14/h1-4,6-9,12,17H,5,10-11H2,(H,21,22,23). The Kier molecular flexibility index (Phi) is 3.72. The van der Waals surface area contributed by atoms with Crippen molar-refractivity contribution < 1.29 is 0 Å². The molecule has 0 radical (unpaired) electrons. The minimum Gasteiger partial charge on any atom is -0.300 e. The topological polar surface area (TPSA) is 68.6 Å². The van der Waals surface area contributed by atoms with Gasteiger partial charge in [0.15, 0.2) is 12.0 Å². The van der Waals surface area contributed by atoms with Crippen molar-refractivity contribution in [3.05, 3.63) is 60.4 Å². The van der Waals surface area contributed by atoms with Crippen LogP contribution in [0, 0.1) is 11.5 Å². The highest BCUT2D eigenvalue weighted by Gasteiger charge is 2.28. The normalized spacial score (nSPS) is 17.0. The van der Waals surface area contributed by atoms with Crippen molar-refractivity contribution in [1.82, 2.24) is 20.1 Å². The Labute approximate surface area is 140 Å². The molecule has 0 saturated carbocycles. The molecular weight excluding hydrogens is 298 g/mol. The van der Waals surface area contributed by atoms with Gasteiger partial charge >= 0.3 is 0 Å². The predicted molar refractivity (Wildman–Crippen MR) is 91.5 cm³/mol. The van der Waals surface area contributed by atoms with E-state index in [1.807, 2.05) is 30.3 Å². The van der Waals surface area contributed by atoms with E-state index in [1.165, 1.54) is 5.56 Å². The van der Waals surface area contributed by atoms with E-state index in [9.17, 15) is 5.26 Å². The summed E-state index contributed by atoms with van der Waals surface area (Å²) < 4.78 is 0. The van der Waals surface area contributed by atoms with Gasteiger partial charge in [-0.15, -0.1) is 0 Å². The van der Waals surface area contributed by atoms with Gasteiger partial charge in [-0.05, 0) is 30.0 Å². The summed E-state index contributed by atoms with van der Waals surface area (Å²) in [4.78, 5) is 6.40. The zero-order chi connectivity index (χ0) is 16.4. The Morgan fingerprint density at radius 2 is 1.83 bits per heavy atom. The van der Waals surface area contributed by atoms with Crippen molar-refractivity contribution in [2.75, 3.05) is 6.54 Å². The molecule has 1 N–H and O–H groups in total. The number of nitriles is 1. The summed E-state index contributed by atoms with van der Waals surface area (Å²) in [5, 5.41) is 16.6. The van der Waals surface area contributed by atoms with Crippen LogP contribution in [0.1, 0.15) is 24.7 Å². The van der Waals surface area contributed by atoms with Crippen molar-refractivity contribution in [3.8, 4) is 28.7 Å². The maximum atomic E-state index is 9.20. The summed E-state index contributed by atoms with van der Waals surface area (Å²) in [7, 11) is 0. The number of aromatic amines is 1. The molecule has 1 atom stereocenters. The molecule has 1 saturated heterocycles. The molecule has 2 aromatic carbocycles. The third-order valence-corrected chi connectivity index (χ3v) is 4.43. The molecule has 1 aromatic heterocycles. The second-order valence-electron chi connectivity index (χ2n) is 5.94. The molecule has 3 aromatic rings. The molecule has 5 heteroatoms. The quantitative estimate of drug-likeness (QED) is 0.747. The second-order valence-corrected chi connectivity index (χ2v) is 5.94. The number of likely N-dealkylation sites (tertiary alicyclic amines) is 1. The molecule has 118 valence electrons. The summed E-state index contributed by atoms with van der Waals surface area (Å²) >= 11 is 0. The maximum Gasteiger partial charge on any atom is 0.181 e. The van der Waals surface area contributed by atoms with Crippen LogP contribution in [-0.2, 0) is 0 Å². The summed E-state index contributed by atoms with van der Waals surface area (Å²) in [6.45, 7) is 0.792. The number of nitrogens with zero attached hydrogens (tertiary/aromatic N) is 4. The van der Waals surface area contributed by atoms with Crippen molar-refractivity contribution in [2.45, 2.75) is 18.9 Å². The highest BCUT2D eigenvalue weighted by Crippen LogP contribution is 2.30. The SMILES string of the molecule is N#CN1CCCC1c1nc(-c2cccc(-c3ccccc3)c2)n[nH]1. The van der Waals surface area contributed by atoms with Crippen LogP contribution >= 0.6 is 0 Å². The number of hydrogen-bond acceptors (Lipinski definition) is 4. The molecular formula is C19H17N5. The minimum atomic E-state index is 0.0218. The van der Waals surface area contributed by atoms with Crippen LogP contribution in [0.2, 0.25) is 0 Å². The Bertz CT molecular complexity index is 878. The van der Waals surface area contributed by atoms with E-state index in [1.54, 1.807) is 4.90 Å². The maximum absolute atomic E-state index is 9.20. The smallest absolute Gasteiger partial charge is 0.181 e. The first kappa shape index (κ1) is 14.5. The molecule has 0 amide bonds. The molecule has 0 spiro atoms. The molecule has 24 heavy (non-hydrogen) atoms. The molecule has 1 fully saturated rings. The third-order valence-electron chi connectivity index (χ3n) is 4.43. The Balaban J connectivity index is 1.65. The van der Waals surface area contributed by atoms with Gasteiger partial charge in [0.2, 0.25) is 0 Å². The zero-order valence-corrected chi connectivity index (χ0v) is 13.2. The highest BCUT2D eigenvalue weighted by atomic mass is 15.3. The molecule has 1 unspecified atom stereocenters. The fourth-order valence-electron chi connectivity index (χ4n) is 3.19. The first-order valence-electron chi connectivity index (χ1n) is 8.10. The fraction of sp³-hybridized carbons (Fsp3) is 0.211. The van der Waals surface area contributed by atoms with Gasteiger partial charge in [-0.25, -0.2) is 4.98 Å². The summed E-state index contributed by atoms with van der Waals surface area (Å²) in [5.41, 5.74) is 3.28. The number of rotatable bonds is 3. The van der Waals surface area contributed by atoms with Crippen molar-refractivity contribution in [2.24, 2.45) is 0 Å². The van der Waals surface area contributed by atoms with E-state index in [0.29, 0.717) is 5.82 Å². The first-order chi connectivity index (χ1) is 11.8. The van der Waals surface area contributed by atoms with Crippen molar-refractivity contribution in [1.29, 1.82) is 5.26 Å². The number of H-pyrrole nitrogens is 1. The highest BCUT2D eigenvalue weighted by molar-refractivity contribution is 5.70. The van der Waals surface area contributed by atoms with E-state index >= 15 is 0 Å². The Morgan fingerprint density at radius 1 is 1.04 bits per heavy atom.